The Hall–Kier alpha value is -1.11. The van der Waals surface area contributed by atoms with Gasteiger partial charge in [0.25, 0.3) is 0 Å². The van der Waals surface area contributed by atoms with Crippen molar-refractivity contribution in [1.29, 1.82) is 0 Å². The largest absolute Gasteiger partial charge is 0.508 e. The lowest BCUT2D eigenvalue weighted by Crippen LogP contribution is -2.36. The lowest BCUT2D eigenvalue weighted by Gasteiger charge is -2.28. The van der Waals surface area contributed by atoms with Gasteiger partial charge in [0.05, 0.1) is 4.90 Å². The molecule has 0 saturated carbocycles. The SMILES string of the molecule is CN1CCC(CNS(=O)(=O)c2ccc(O)cc2)CC1. The van der Waals surface area contributed by atoms with E-state index in [-0.39, 0.29) is 10.6 Å². The van der Waals surface area contributed by atoms with Crippen molar-refractivity contribution >= 4 is 10.0 Å². The van der Waals surface area contributed by atoms with E-state index in [1.54, 1.807) is 0 Å². The molecule has 0 radical (unpaired) electrons. The monoisotopic (exact) mass is 284 g/mol. The number of nitrogens with zero attached hydrogens (tertiary/aromatic N) is 1. The summed E-state index contributed by atoms with van der Waals surface area (Å²) in [6.07, 6.45) is 2.04. The molecular weight excluding hydrogens is 264 g/mol. The number of aromatic hydroxyl groups is 1. The Morgan fingerprint density at radius 2 is 1.84 bits per heavy atom. The van der Waals surface area contributed by atoms with Crippen LogP contribution in [0, 0.1) is 5.92 Å². The summed E-state index contributed by atoms with van der Waals surface area (Å²) in [5, 5.41) is 9.16. The van der Waals surface area contributed by atoms with Crippen molar-refractivity contribution in [2.75, 3.05) is 26.7 Å². The summed E-state index contributed by atoms with van der Waals surface area (Å²) < 4.78 is 26.7. The molecule has 0 spiro atoms. The standard InChI is InChI=1S/C13H20N2O3S/c1-15-8-6-11(7-9-15)10-14-19(17,18)13-4-2-12(16)3-5-13/h2-5,11,14,16H,6-10H2,1H3. The summed E-state index contributed by atoms with van der Waals surface area (Å²) in [5.74, 6) is 0.470. The van der Waals surface area contributed by atoms with Crippen molar-refractivity contribution in [3.63, 3.8) is 0 Å². The van der Waals surface area contributed by atoms with Crippen LogP contribution in [0.15, 0.2) is 29.2 Å². The van der Waals surface area contributed by atoms with Gasteiger partial charge in [0.15, 0.2) is 0 Å². The molecule has 2 N–H and O–H groups in total. The Balaban J connectivity index is 1.92. The van der Waals surface area contributed by atoms with Crippen LogP contribution in [0.3, 0.4) is 0 Å². The third-order valence-corrected chi connectivity index (χ3v) is 4.99. The summed E-state index contributed by atoms with van der Waals surface area (Å²) in [7, 11) is -1.38. The average molecular weight is 284 g/mol. The van der Waals surface area contributed by atoms with Gasteiger partial charge in [-0.15, -0.1) is 0 Å². The summed E-state index contributed by atoms with van der Waals surface area (Å²) in [5.41, 5.74) is 0. The van der Waals surface area contributed by atoms with E-state index in [9.17, 15) is 8.42 Å². The Kier molecular flexibility index (Phi) is 4.44. The fourth-order valence-corrected chi connectivity index (χ4v) is 3.32. The maximum atomic E-state index is 12.0. The van der Waals surface area contributed by atoms with Crippen LogP contribution in [-0.4, -0.2) is 45.1 Å². The van der Waals surface area contributed by atoms with Gasteiger partial charge in [-0.25, -0.2) is 13.1 Å². The molecule has 6 heteroatoms. The van der Waals surface area contributed by atoms with Crippen molar-refractivity contribution in [2.24, 2.45) is 5.92 Å². The Labute approximate surface area is 114 Å². The first kappa shape index (κ1) is 14.3. The zero-order valence-corrected chi connectivity index (χ0v) is 11.9. The number of nitrogens with one attached hydrogen (secondary N) is 1. The summed E-state index contributed by atoms with van der Waals surface area (Å²) in [6.45, 7) is 2.52. The molecule has 1 saturated heterocycles. The smallest absolute Gasteiger partial charge is 0.240 e. The highest BCUT2D eigenvalue weighted by atomic mass is 32.2. The van der Waals surface area contributed by atoms with E-state index >= 15 is 0 Å². The molecule has 1 aromatic rings. The summed E-state index contributed by atoms with van der Waals surface area (Å²) in [6, 6.07) is 5.58. The van der Waals surface area contributed by atoms with Gasteiger partial charge in [-0.3, -0.25) is 0 Å². The minimum Gasteiger partial charge on any atom is -0.508 e. The first-order chi connectivity index (χ1) is 8.97. The predicted octanol–water partition coefficient (Wildman–Crippen LogP) is 1.01. The normalized spacial score (nSPS) is 18.6. The van der Waals surface area contributed by atoms with Gasteiger partial charge in [0, 0.05) is 6.54 Å². The molecule has 1 heterocycles. The van der Waals surface area contributed by atoms with Crippen LogP contribution in [0.5, 0.6) is 5.75 Å². The minimum atomic E-state index is -3.46. The van der Waals surface area contributed by atoms with Crippen LogP contribution in [-0.2, 0) is 10.0 Å². The topological polar surface area (TPSA) is 69.6 Å². The summed E-state index contributed by atoms with van der Waals surface area (Å²) >= 11 is 0. The lowest BCUT2D eigenvalue weighted by molar-refractivity contribution is 0.220. The third kappa shape index (κ3) is 3.92. The lowest BCUT2D eigenvalue weighted by atomic mass is 9.98. The first-order valence-corrected chi connectivity index (χ1v) is 7.93. The fourth-order valence-electron chi connectivity index (χ4n) is 2.20. The number of phenols is 1. The first-order valence-electron chi connectivity index (χ1n) is 6.44. The number of piperidine rings is 1. The zero-order valence-electron chi connectivity index (χ0n) is 11.0. The van der Waals surface area contributed by atoms with E-state index in [1.165, 1.54) is 24.3 Å². The molecule has 1 fully saturated rings. The molecule has 5 nitrogen and oxygen atoms in total. The van der Waals surface area contributed by atoms with Crippen molar-refractivity contribution in [1.82, 2.24) is 9.62 Å². The quantitative estimate of drug-likeness (QED) is 0.866. The Morgan fingerprint density at radius 1 is 1.26 bits per heavy atom. The van der Waals surface area contributed by atoms with Crippen molar-refractivity contribution in [2.45, 2.75) is 17.7 Å². The van der Waals surface area contributed by atoms with E-state index in [4.69, 9.17) is 5.11 Å². The molecule has 0 aliphatic carbocycles. The average Bonchev–Trinajstić information content (AvgIpc) is 2.39. The van der Waals surface area contributed by atoms with Crippen LogP contribution >= 0.6 is 0 Å². The van der Waals surface area contributed by atoms with Crippen molar-refractivity contribution in [3.05, 3.63) is 24.3 Å². The molecule has 2 rings (SSSR count). The number of hydrogen-bond donors (Lipinski definition) is 2. The van der Waals surface area contributed by atoms with Gasteiger partial charge in [0.2, 0.25) is 10.0 Å². The summed E-state index contributed by atoms with van der Waals surface area (Å²) in [4.78, 5) is 2.45. The molecule has 19 heavy (non-hydrogen) atoms. The third-order valence-electron chi connectivity index (χ3n) is 3.55. The number of benzene rings is 1. The van der Waals surface area contributed by atoms with E-state index < -0.39 is 10.0 Å². The van der Waals surface area contributed by atoms with E-state index in [0.29, 0.717) is 12.5 Å². The van der Waals surface area contributed by atoms with Gasteiger partial charge < -0.3 is 10.0 Å². The van der Waals surface area contributed by atoms with Crippen LogP contribution in [0.25, 0.3) is 0 Å². The minimum absolute atomic E-state index is 0.0641. The molecule has 106 valence electrons. The van der Waals surface area contributed by atoms with Gasteiger partial charge in [-0.2, -0.15) is 0 Å². The Bertz CT molecular complexity index is 505. The van der Waals surface area contributed by atoms with E-state index in [0.717, 1.165) is 25.9 Å². The van der Waals surface area contributed by atoms with Gasteiger partial charge in [-0.05, 0) is 63.2 Å². The molecule has 1 aliphatic heterocycles. The fraction of sp³-hybridized carbons (Fsp3) is 0.538. The zero-order chi connectivity index (χ0) is 13.9. The second-order valence-electron chi connectivity index (χ2n) is 5.09. The molecule has 0 amide bonds. The van der Waals surface area contributed by atoms with Crippen molar-refractivity contribution in [3.8, 4) is 5.75 Å². The highest BCUT2D eigenvalue weighted by Crippen LogP contribution is 2.17. The highest BCUT2D eigenvalue weighted by molar-refractivity contribution is 7.89. The van der Waals surface area contributed by atoms with Crippen LogP contribution in [0.4, 0.5) is 0 Å². The van der Waals surface area contributed by atoms with Gasteiger partial charge in [-0.1, -0.05) is 0 Å². The number of rotatable bonds is 4. The Morgan fingerprint density at radius 3 is 2.42 bits per heavy atom. The second kappa shape index (κ2) is 5.90. The second-order valence-corrected chi connectivity index (χ2v) is 6.86. The van der Waals surface area contributed by atoms with Crippen molar-refractivity contribution < 1.29 is 13.5 Å². The molecule has 0 atom stereocenters. The maximum absolute atomic E-state index is 12.0. The number of likely N-dealkylation sites (tertiary alicyclic amines) is 1. The van der Waals surface area contributed by atoms with Gasteiger partial charge in [0.1, 0.15) is 5.75 Å². The molecular formula is C13H20N2O3S. The molecule has 1 aliphatic rings. The number of phenolic OH excluding ortho intramolecular Hbond substituents is 1. The molecule has 0 aromatic heterocycles. The number of sulfonamides is 1. The van der Waals surface area contributed by atoms with Gasteiger partial charge >= 0.3 is 0 Å². The van der Waals surface area contributed by atoms with Crippen LogP contribution < -0.4 is 4.72 Å². The molecule has 1 aromatic carbocycles. The number of hydrogen-bond acceptors (Lipinski definition) is 4. The van der Waals surface area contributed by atoms with Crippen LogP contribution in [0.2, 0.25) is 0 Å². The van der Waals surface area contributed by atoms with Crippen LogP contribution in [0.1, 0.15) is 12.8 Å². The predicted molar refractivity (Wildman–Crippen MR) is 73.5 cm³/mol. The molecule has 0 bridgehead atoms. The van der Waals surface area contributed by atoms with E-state index in [2.05, 4.69) is 16.7 Å². The van der Waals surface area contributed by atoms with E-state index in [1.807, 2.05) is 0 Å². The maximum Gasteiger partial charge on any atom is 0.240 e. The highest BCUT2D eigenvalue weighted by Gasteiger charge is 2.20. The molecule has 0 unspecified atom stereocenters.